The number of likely N-dealkylation sites (tertiary alicyclic amines) is 1. The molecule has 0 aromatic carbocycles. The fourth-order valence-corrected chi connectivity index (χ4v) is 2.73. The number of hydrogen-bond acceptors (Lipinski definition) is 3. The van der Waals surface area contributed by atoms with Gasteiger partial charge in [-0.1, -0.05) is 6.92 Å². The van der Waals surface area contributed by atoms with Crippen molar-refractivity contribution in [3.8, 4) is 0 Å². The van der Waals surface area contributed by atoms with Crippen molar-refractivity contribution in [3.05, 3.63) is 0 Å². The molecular formula is C16H32F3IN4O. The second-order valence-corrected chi connectivity index (χ2v) is 6.56. The van der Waals surface area contributed by atoms with Gasteiger partial charge in [-0.3, -0.25) is 9.89 Å². The van der Waals surface area contributed by atoms with E-state index in [-0.39, 0.29) is 36.5 Å². The van der Waals surface area contributed by atoms with Crippen LogP contribution in [0.3, 0.4) is 0 Å². The quantitative estimate of drug-likeness (QED) is 0.284. The van der Waals surface area contributed by atoms with Gasteiger partial charge in [0.25, 0.3) is 0 Å². The highest BCUT2D eigenvalue weighted by molar-refractivity contribution is 14.0. The number of nitrogens with zero attached hydrogens (tertiary/aromatic N) is 2. The highest BCUT2D eigenvalue weighted by Gasteiger charge is 2.32. The molecule has 1 atom stereocenters. The number of rotatable bonds is 8. The number of aliphatic hydroxyl groups is 1. The summed E-state index contributed by atoms with van der Waals surface area (Å²) in [4.78, 5) is 5.91. The average Bonchev–Trinajstić information content (AvgIpc) is 2.52. The second-order valence-electron chi connectivity index (χ2n) is 6.56. The Kier molecular flexibility index (Phi) is 12.8. The summed E-state index contributed by atoms with van der Waals surface area (Å²) in [5.41, 5.74) is 0. The predicted molar refractivity (Wildman–Crippen MR) is 105 cm³/mol. The Bertz CT molecular complexity index is 375. The van der Waals surface area contributed by atoms with Gasteiger partial charge in [0.05, 0.1) is 6.54 Å². The largest absolute Gasteiger partial charge is 0.401 e. The summed E-state index contributed by atoms with van der Waals surface area (Å²) in [5, 5.41) is 15.4. The Labute approximate surface area is 165 Å². The SMILES string of the molecule is CCNC(=NCC(C)CO)NCCC1CCN(CC(F)(F)F)CC1.I. The van der Waals surface area contributed by atoms with Crippen LogP contribution in [0.1, 0.15) is 33.1 Å². The number of alkyl halides is 3. The van der Waals surface area contributed by atoms with E-state index < -0.39 is 12.7 Å². The van der Waals surface area contributed by atoms with Crippen molar-refractivity contribution >= 4 is 29.9 Å². The van der Waals surface area contributed by atoms with E-state index in [1.165, 1.54) is 4.90 Å². The van der Waals surface area contributed by atoms with Gasteiger partial charge < -0.3 is 15.7 Å². The molecule has 0 aliphatic carbocycles. The van der Waals surface area contributed by atoms with Crippen LogP contribution in [0.2, 0.25) is 0 Å². The number of guanidine groups is 1. The van der Waals surface area contributed by atoms with Crippen LogP contribution in [0, 0.1) is 11.8 Å². The second kappa shape index (κ2) is 13.0. The molecule has 1 heterocycles. The standard InChI is InChI=1S/C16H31F3N4O.HI/c1-3-20-15(22-10-13(2)11-24)21-7-4-14-5-8-23(9-6-14)12-16(17,18)19;/h13-14,24H,3-12H2,1-2H3,(H2,20,21,22);1H. The third kappa shape index (κ3) is 11.8. The van der Waals surface area contributed by atoms with E-state index in [9.17, 15) is 13.2 Å². The van der Waals surface area contributed by atoms with E-state index in [1.54, 1.807) is 0 Å². The van der Waals surface area contributed by atoms with Gasteiger partial charge in [0.15, 0.2) is 5.96 Å². The van der Waals surface area contributed by atoms with E-state index >= 15 is 0 Å². The molecule has 150 valence electrons. The van der Waals surface area contributed by atoms with Gasteiger partial charge in [-0.05, 0) is 51.1 Å². The Balaban J connectivity index is 0.00000576. The van der Waals surface area contributed by atoms with Crippen LogP contribution in [-0.4, -0.2) is 68.0 Å². The van der Waals surface area contributed by atoms with Crippen LogP contribution in [-0.2, 0) is 0 Å². The van der Waals surface area contributed by atoms with Gasteiger partial charge in [0.1, 0.15) is 0 Å². The number of hydrogen-bond donors (Lipinski definition) is 3. The zero-order valence-electron chi connectivity index (χ0n) is 15.1. The summed E-state index contributed by atoms with van der Waals surface area (Å²) in [6.07, 6.45) is -1.54. The molecule has 0 amide bonds. The molecule has 1 saturated heterocycles. The van der Waals surface area contributed by atoms with E-state index in [1.807, 2.05) is 13.8 Å². The minimum atomic E-state index is -4.10. The zero-order chi connectivity index (χ0) is 18.0. The Hall–Kier alpha value is -0.290. The van der Waals surface area contributed by atoms with Crippen molar-refractivity contribution in [2.24, 2.45) is 16.8 Å². The maximum atomic E-state index is 12.4. The molecule has 0 radical (unpaired) electrons. The minimum Gasteiger partial charge on any atom is -0.396 e. The Morgan fingerprint density at radius 3 is 2.44 bits per heavy atom. The van der Waals surface area contributed by atoms with Crippen molar-refractivity contribution in [3.63, 3.8) is 0 Å². The smallest absolute Gasteiger partial charge is 0.396 e. The van der Waals surface area contributed by atoms with Crippen LogP contribution < -0.4 is 10.6 Å². The van der Waals surface area contributed by atoms with Crippen LogP contribution in [0.15, 0.2) is 4.99 Å². The Morgan fingerprint density at radius 2 is 1.92 bits per heavy atom. The third-order valence-corrected chi connectivity index (χ3v) is 4.17. The molecular weight excluding hydrogens is 448 g/mol. The molecule has 5 nitrogen and oxygen atoms in total. The summed E-state index contributed by atoms with van der Waals surface area (Å²) in [6.45, 7) is 6.35. The van der Waals surface area contributed by atoms with Crippen molar-refractivity contribution in [1.82, 2.24) is 15.5 Å². The van der Waals surface area contributed by atoms with E-state index in [0.717, 1.165) is 38.3 Å². The number of halogens is 4. The molecule has 9 heteroatoms. The number of aliphatic hydroxyl groups excluding tert-OH is 1. The molecule has 0 aromatic heterocycles. The molecule has 1 unspecified atom stereocenters. The first-order valence-corrected chi connectivity index (χ1v) is 8.76. The highest BCUT2D eigenvalue weighted by atomic mass is 127. The molecule has 1 aliphatic rings. The van der Waals surface area contributed by atoms with Crippen molar-refractivity contribution in [1.29, 1.82) is 0 Å². The molecule has 0 saturated carbocycles. The van der Waals surface area contributed by atoms with Crippen molar-refractivity contribution in [2.45, 2.75) is 39.3 Å². The predicted octanol–water partition coefficient (Wildman–Crippen LogP) is 2.45. The van der Waals surface area contributed by atoms with E-state index in [4.69, 9.17) is 5.11 Å². The summed E-state index contributed by atoms with van der Waals surface area (Å²) in [7, 11) is 0. The van der Waals surface area contributed by atoms with Gasteiger partial charge in [-0.15, -0.1) is 24.0 Å². The van der Waals surface area contributed by atoms with Gasteiger partial charge in [0, 0.05) is 26.2 Å². The zero-order valence-corrected chi connectivity index (χ0v) is 17.4. The molecule has 1 rings (SSSR count). The van der Waals surface area contributed by atoms with Crippen LogP contribution in [0.5, 0.6) is 0 Å². The first-order valence-electron chi connectivity index (χ1n) is 8.76. The number of aliphatic imine (C=N–C) groups is 1. The lowest BCUT2D eigenvalue weighted by atomic mass is 9.93. The fourth-order valence-electron chi connectivity index (χ4n) is 2.73. The highest BCUT2D eigenvalue weighted by Crippen LogP contribution is 2.23. The third-order valence-electron chi connectivity index (χ3n) is 4.17. The molecule has 25 heavy (non-hydrogen) atoms. The minimum absolute atomic E-state index is 0. The first-order chi connectivity index (χ1) is 11.3. The molecule has 3 N–H and O–H groups in total. The monoisotopic (exact) mass is 480 g/mol. The van der Waals surface area contributed by atoms with Crippen LogP contribution >= 0.6 is 24.0 Å². The van der Waals surface area contributed by atoms with Gasteiger partial charge in [-0.25, -0.2) is 0 Å². The number of nitrogens with one attached hydrogen (secondary N) is 2. The van der Waals surface area contributed by atoms with Crippen LogP contribution in [0.25, 0.3) is 0 Å². The lowest BCUT2D eigenvalue weighted by Gasteiger charge is -2.32. The molecule has 0 bridgehead atoms. The summed E-state index contributed by atoms with van der Waals surface area (Å²) >= 11 is 0. The van der Waals surface area contributed by atoms with Gasteiger partial charge in [0.2, 0.25) is 0 Å². The van der Waals surface area contributed by atoms with Gasteiger partial charge in [-0.2, -0.15) is 13.2 Å². The van der Waals surface area contributed by atoms with Crippen molar-refractivity contribution in [2.75, 3.05) is 45.9 Å². The summed E-state index contributed by atoms with van der Waals surface area (Å²) < 4.78 is 37.1. The number of piperidine rings is 1. The van der Waals surface area contributed by atoms with Gasteiger partial charge >= 0.3 is 6.18 Å². The normalized spacial score (nSPS) is 18.6. The summed E-state index contributed by atoms with van der Waals surface area (Å²) in [5.74, 6) is 1.31. The maximum Gasteiger partial charge on any atom is 0.401 e. The maximum absolute atomic E-state index is 12.4. The van der Waals surface area contributed by atoms with Crippen molar-refractivity contribution < 1.29 is 18.3 Å². The fraction of sp³-hybridized carbons (Fsp3) is 0.938. The van der Waals surface area contributed by atoms with E-state index in [2.05, 4.69) is 15.6 Å². The average molecular weight is 480 g/mol. The lowest BCUT2D eigenvalue weighted by molar-refractivity contribution is -0.148. The first kappa shape index (κ1) is 24.7. The molecule has 0 aromatic rings. The summed E-state index contributed by atoms with van der Waals surface area (Å²) in [6, 6.07) is 0. The molecule has 1 fully saturated rings. The Morgan fingerprint density at radius 1 is 1.28 bits per heavy atom. The molecule has 0 spiro atoms. The lowest BCUT2D eigenvalue weighted by Crippen LogP contribution is -2.41. The van der Waals surface area contributed by atoms with E-state index in [0.29, 0.717) is 25.6 Å². The topological polar surface area (TPSA) is 59.9 Å². The molecule has 1 aliphatic heterocycles. The van der Waals surface area contributed by atoms with Crippen LogP contribution in [0.4, 0.5) is 13.2 Å².